The van der Waals surface area contributed by atoms with Gasteiger partial charge in [-0.3, -0.25) is 14.9 Å². The predicted octanol–water partition coefficient (Wildman–Crippen LogP) is 5.21. The number of anilines is 1. The first-order valence-electron chi connectivity index (χ1n) is 10.5. The van der Waals surface area contributed by atoms with Crippen molar-refractivity contribution in [3.05, 3.63) is 68.7 Å². The van der Waals surface area contributed by atoms with E-state index in [1.165, 1.54) is 43.4 Å². The molecule has 1 aliphatic rings. The van der Waals surface area contributed by atoms with Crippen LogP contribution in [-0.4, -0.2) is 29.0 Å². The van der Waals surface area contributed by atoms with Gasteiger partial charge < -0.3 is 19.5 Å². The number of aromatic nitrogens is 1. The van der Waals surface area contributed by atoms with Crippen LogP contribution in [0.4, 0.5) is 11.4 Å². The average molecular weight is 470 g/mol. The second-order valence-electron chi connectivity index (χ2n) is 7.55. The summed E-state index contributed by atoms with van der Waals surface area (Å²) in [6, 6.07) is 9.46. The van der Waals surface area contributed by atoms with Crippen LogP contribution in [0.3, 0.4) is 0 Å². The fourth-order valence-electron chi connectivity index (χ4n) is 3.63. The molecule has 1 aliphatic carbocycles. The quantitative estimate of drug-likeness (QED) is 0.338. The second-order valence-corrected chi connectivity index (χ2v) is 8.27. The van der Waals surface area contributed by atoms with Crippen LogP contribution < -0.4 is 19.5 Å². The summed E-state index contributed by atoms with van der Waals surface area (Å²) in [5, 5.41) is 16.2. The fraction of sp³-hybridized carbons (Fsp3) is 0.304. The van der Waals surface area contributed by atoms with Gasteiger partial charge in [0.15, 0.2) is 11.5 Å². The summed E-state index contributed by atoms with van der Waals surface area (Å²) in [5.74, 6) is 0.466. The van der Waals surface area contributed by atoms with Gasteiger partial charge in [-0.15, -0.1) is 11.3 Å². The van der Waals surface area contributed by atoms with Crippen LogP contribution in [0.2, 0.25) is 0 Å². The molecule has 0 aliphatic heterocycles. The standard InChI is InChI=1S/C23H23N3O6S/c1-30-21-10-19(20(26(28)29)11-22(21)31-12-16-13-33-14-24-16)23(27)25-15-6-8-18(9-7-15)32-17-4-2-3-5-17/h6-11,13-14,17H,2-5,12H2,1H3,(H,25,27). The van der Waals surface area contributed by atoms with Crippen molar-refractivity contribution in [2.45, 2.75) is 38.4 Å². The van der Waals surface area contributed by atoms with Gasteiger partial charge in [0, 0.05) is 17.1 Å². The number of nitro benzene ring substituents is 1. The number of nitrogens with zero attached hydrogens (tertiary/aromatic N) is 2. The zero-order valence-corrected chi connectivity index (χ0v) is 18.8. The van der Waals surface area contributed by atoms with E-state index < -0.39 is 10.8 Å². The molecule has 33 heavy (non-hydrogen) atoms. The number of amides is 1. The van der Waals surface area contributed by atoms with E-state index in [2.05, 4.69) is 10.3 Å². The minimum Gasteiger partial charge on any atom is -0.493 e. The van der Waals surface area contributed by atoms with Crippen molar-refractivity contribution < 1.29 is 23.9 Å². The average Bonchev–Trinajstić information content (AvgIpc) is 3.52. The van der Waals surface area contributed by atoms with Gasteiger partial charge in [0.1, 0.15) is 17.9 Å². The SMILES string of the molecule is COc1cc(C(=O)Nc2ccc(OC3CCCC3)cc2)c([N+](=O)[O-])cc1OCc1cscn1. The van der Waals surface area contributed by atoms with E-state index >= 15 is 0 Å². The van der Waals surface area contributed by atoms with E-state index in [9.17, 15) is 14.9 Å². The van der Waals surface area contributed by atoms with Crippen molar-refractivity contribution in [3.63, 3.8) is 0 Å². The number of ether oxygens (including phenoxy) is 3. The molecule has 0 unspecified atom stereocenters. The Bertz CT molecular complexity index is 1110. The highest BCUT2D eigenvalue weighted by Gasteiger charge is 2.25. The lowest BCUT2D eigenvalue weighted by molar-refractivity contribution is -0.385. The number of nitrogens with one attached hydrogen (secondary N) is 1. The Morgan fingerprint density at radius 2 is 1.97 bits per heavy atom. The van der Waals surface area contributed by atoms with Crippen molar-refractivity contribution in [1.29, 1.82) is 0 Å². The first-order valence-corrected chi connectivity index (χ1v) is 11.4. The van der Waals surface area contributed by atoms with Crippen LogP contribution in [0.25, 0.3) is 0 Å². The molecule has 1 saturated carbocycles. The largest absolute Gasteiger partial charge is 0.493 e. The fourth-order valence-corrected chi connectivity index (χ4v) is 4.17. The molecule has 1 aromatic heterocycles. The molecule has 1 heterocycles. The first kappa shape index (κ1) is 22.5. The molecule has 1 fully saturated rings. The number of carbonyl (C=O) groups excluding carboxylic acids is 1. The van der Waals surface area contributed by atoms with Gasteiger partial charge in [0.05, 0.1) is 35.4 Å². The summed E-state index contributed by atoms with van der Waals surface area (Å²) in [5.41, 5.74) is 2.33. The highest BCUT2D eigenvalue weighted by molar-refractivity contribution is 7.07. The third-order valence-electron chi connectivity index (χ3n) is 5.30. The van der Waals surface area contributed by atoms with Gasteiger partial charge in [-0.2, -0.15) is 0 Å². The molecule has 0 spiro atoms. The van der Waals surface area contributed by atoms with Gasteiger partial charge in [-0.1, -0.05) is 0 Å². The van der Waals surface area contributed by atoms with Crippen molar-refractivity contribution >= 4 is 28.6 Å². The molecule has 3 aromatic rings. The molecule has 10 heteroatoms. The summed E-state index contributed by atoms with van der Waals surface area (Å²) in [4.78, 5) is 28.0. The van der Waals surface area contributed by atoms with Crippen LogP contribution in [0, 0.1) is 10.1 Å². The minimum atomic E-state index is -0.629. The second kappa shape index (κ2) is 10.3. The maximum absolute atomic E-state index is 12.9. The van der Waals surface area contributed by atoms with E-state index in [1.807, 2.05) is 5.38 Å². The number of carbonyl (C=O) groups is 1. The molecule has 0 atom stereocenters. The third-order valence-corrected chi connectivity index (χ3v) is 5.93. The summed E-state index contributed by atoms with van der Waals surface area (Å²) in [6.45, 7) is 0.123. The number of hydrogen-bond donors (Lipinski definition) is 1. The molecule has 0 bridgehead atoms. The van der Waals surface area contributed by atoms with Gasteiger partial charge >= 0.3 is 0 Å². The van der Waals surface area contributed by atoms with E-state index in [-0.39, 0.29) is 35.5 Å². The molecule has 1 amide bonds. The van der Waals surface area contributed by atoms with Gasteiger partial charge in [0.25, 0.3) is 11.6 Å². The Morgan fingerprint density at radius 1 is 1.21 bits per heavy atom. The monoisotopic (exact) mass is 469 g/mol. The Morgan fingerprint density at radius 3 is 2.61 bits per heavy atom. The Kier molecular flexibility index (Phi) is 7.04. The minimum absolute atomic E-state index is 0.123. The molecule has 0 saturated heterocycles. The zero-order chi connectivity index (χ0) is 23.2. The predicted molar refractivity (Wildman–Crippen MR) is 123 cm³/mol. The van der Waals surface area contributed by atoms with Gasteiger partial charge in [-0.25, -0.2) is 4.98 Å². The Labute approximate surface area is 194 Å². The maximum Gasteiger partial charge on any atom is 0.286 e. The van der Waals surface area contributed by atoms with E-state index in [0.717, 1.165) is 18.6 Å². The van der Waals surface area contributed by atoms with Crippen molar-refractivity contribution in [1.82, 2.24) is 4.98 Å². The highest BCUT2D eigenvalue weighted by atomic mass is 32.1. The smallest absolute Gasteiger partial charge is 0.286 e. The first-order chi connectivity index (χ1) is 16.0. The lowest BCUT2D eigenvalue weighted by atomic mass is 10.1. The lowest BCUT2D eigenvalue weighted by Gasteiger charge is -2.14. The normalized spacial score (nSPS) is 13.5. The van der Waals surface area contributed by atoms with Gasteiger partial charge in [0.2, 0.25) is 0 Å². The Balaban J connectivity index is 1.50. The number of nitro groups is 1. The van der Waals surface area contributed by atoms with Crippen molar-refractivity contribution in [2.75, 3.05) is 12.4 Å². The van der Waals surface area contributed by atoms with E-state index in [4.69, 9.17) is 14.2 Å². The molecule has 4 rings (SSSR count). The van der Waals surface area contributed by atoms with Crippen molar-refractivity contribution in [3.8, 4) is 17.2 Å². The number of hydrogen-bond acceptors (Lipinski definition) is 8. The summed E-state index contributed by atoms with van der Waals surface area (Å²) in [7, 11) is 1.40. The number of rotatable bonds is 9. The Hall–Kier alpha value is -3.66. The molecular formula is C23H23N3O6S. The maximum atomic E-state index is 12.9. The lowest BCUT2D eigenvalue weighted by Crippen LogP contribution is -2.15. The summed E-state index contributed by atoms with van der Waals surface area (Å²) >= 11 is 1.42. The number of benzene rings is 2. The highest BCUT2D eigenvalue weighted by Crippen LogP contribution is 2.36. The van der Waals surface area contributed by atoms with Crippen LogP contribution in [0.1, 0.15) is 41.7 Å². The molecule has 0 radical (unpaired) electrons. The topological polar surface area (TPSA) is 113 Å². The molecule has 2 aromatic carbocycles. The van der Waals surface area contributed by atoms with Crippen LogP contribution >= 0.6 is 11.3 Å². The van der Waals surface area contributed by atoms with E-state index in [0.29, 0.717) is 11.4 Å². The number of thiazole rings is 1. The molecular weight excluding hydrogens is 446 g/mol. The number of methoxy groups -OCH3 is 1. The van der Waals surface area contributed by atoms with Gasteiger partial charge in [-0.05, 0) is 49.9 Å². The van der Waals surface area contributed by atoms with Crippen LogP contribution in [0.5, 0.6) is 17.2 Å². The summed E-state index contributed by atoms with van der Waals surface area (Å²) in [6.07, 6.45) is 4.68. The molecule has 1 N–H and O–H groups in total. The third kappa shape index (κ3) is 5.58. The van der Waals surface area contributed by atoms with Crippen LogP contribution in [0.15, 0.2) is 47.3 Å². The summed E-state index contributed by atoms with van der Waals surface area (Å²) < 4.78 is 16.9. The van der Waals surface area contributed by atoms with Crippen molar-refractivity contribution in [2.24, 2.45) is 0 Å². The molecule has 172 valence electrons. The van der Waals surface area contributed by atoms with E-state index in [1.54, 1.807) is 29.8 Å². The van der Waals surface area contributed by atoms with Crippen LogP contribution in [-0.2, 0) is 6.61 Å². The zero-order valence-electron chi connectivity index (χ0n) is 18.0. The molecule has 9 nitrogen and oxygen atoms in total.